The number of hydrogen-bond acceptors (Lipinski definition) is 2. The van der Waals surface area contributed by atoms with Gasteiger partial charge in [0.25, 0.3) is 5.56 Å². The first-order chi connectivity index (χ1) is 8.99. The first kappa shape index (κ1) is 13.3. The average Bonchev–Trinajstić information content (AvgIpc) is 2.36. The van der Waals surface area contributed by atoms with E-state index in [1.807, 2.05) is 0 Å². The molecule has 19 heavy (non-hydrogen) atoms. The van der Waals surface area contributed by atoms with Crippen molar-refractivity contribution < 1.29 is 14.3 Å². The lowest BCUT2D eigenvalue weighted by Crippen LogP contribution is -2.26. The average molecular weight is 282 g/mol. The Hall–Kier alpha value is -2.14. The van der Waals surface area contributed by atoms with Crippen molar-refractivity contribution in [3.8, 4) is 0 Å². The van der Waals surface area contributed by atoms with Crippen molar-refractivity contribution in [1.29, 1.82) is 0 Å². The Morgan fingerprint density at radius 2 is 2.11 bits per heavy atom. The zero-order valence-electron chi connectivity index (χ0n) is 9.64. The zero-order chi connectivity index (χ0) is 14.0. The Bertz CT molecular complexity index is 697. The van der Waals surface area contributed by atoms with Crippen LogP contribution in [0.3, 0.4) is 0 Å². The molecule has 2 aromatic rings. The van der Waals surface area contributed by atoms with Gasteiger partial charge in [0.1, 0.15) is 11.4 Å². The molecule has 0 saturated carbocycles. The van der Waals surface area contributed by atoms with Crippen molar-refractivity contribution in [1.82, 2.24) is 4.57 Å². The first-order valence-corrected chi connectivity index (χ1v) is 5.73. The second-order valence-electron chi connectivity index (χ2n) is 3.91. The van der Waals surface area contributed by atoms with Gasteiger partial charge in [-0.3, -0.25) is 4.79 Å². The monoisotopic (exact) mass is 281 g/mol. The van der Waals surface area contributed by atoms with Gasteiger partial charge in [-0.1, -0.05) is 17.7 Å². The van der Waals surface area contributed by atoms with Crippen LogP contribution in [0.5, 0.6) is 0 Å². The molecule has 6 heteroatoms. The van der Waals surface area contributed by atoms with Crippen LogP contribution in [-0.2, 0) is 6.54 Å². The summed E-state index contributed by atoms with van der Waals surface area (Å²) in [6.45, 7) is 0.0774. The lowest BCUT2D eigenvalue weighted by molar-refractivity contribution is 0.0694. The molecule has 1 aromatic heterocycles. The molecule has 2 rings (SSSR count). The molecule has 0 aliphatic rings. The third kappa shape index (κ3) is 2.82. The molecule has 1 aromatic carbocycles. The summed E-state index contributed by atoms with van der Waals surface area (Å²) in [6.07, 6.45) is 1.45. The number of halogens is 2. The normalized spacial score (nSPS) is 10.4. The Morgan fingerprint density at radius 1 is 1.37 bits per heavy atom. The van der Waals surface area contributed by atoms with Gasteiger partial charge in [0, 0.05) is 6.20 Å². The molecule has 0 fully saturated rings. The predicted molar refractivity (Wildman–Crippen MR) is 68.2 cm³/mol. The van der Waals surface area contributed by atoms with E-state index in [1.165, 1.54) is 35.0 Å². The van der Waals surface area contributed by atoms with E-state index >= 15 is 0 Å². The van der Waals surface area contributed by atoms with Crippen LogP contribution >= 0.6 is 11.6 Å². The van der Waals surface area contributed by atoms with Gasteiger partial charge in [-0.15, -0.1) is 0 Å². The van der Waals surface area contributed by atoms with Crippen LogP contribution in [0.4, 0.5) is 4.39 Å². The van der Waals surface area contributed by atoms with Crippen LogP contribution < -0.4 is 5.56 Å². The second kappa shape index (κ2) is 5.24. The smallest absolute Gasteiger partial charge is 0.341 e. The molecule has 4 nitrogen and oxygen atoms in total. The molecule has 0 saturated heterocycles. The minimum Gasteiger partial charge on any atom is -0.477 e. The number of pyridine rings is 1. The van der Waals surface area contributed by atoms with E-state index in [2.05, 4.69) is 0 Å². The summed E-state index contributed by atoms with van der Waals surface area (Å²) in [5, 5.41) is 8.84. The third-order valence-corrected chi connectivity index (χ3v) is 2.89. The van der Waals surface area contributed by atoms with E-state index in [0.29, 0.717) is 5.56 Å². The number of hydrogen-bond donors (Lipinski definition) is 1. The number of carboxylic acids is 1. The molecule has 1 N–H and O–H groups in total. The third-order valence-electron chi connectivity index (χ3n) is 2.59. The van der Waals surface area contributed by atoms with Gasteiger partial charge in [-0.25, -0.2) is 9.18 Å². The van der Waals surface area contributed by atoms with Gasteiger partial charge in [0.15, 0.2) is 0 Å². The molecule has 0 bridgehead atoms. The highest BCUT2D eigenvalue weighted by atomic mass is 35.5. The molecular formula is C13H9ClFNO3. The zero-order valence-corrected chi connectivity index (χ0v) is 10.4. The Labute approximate surface area is 112 Å². The molecular weight excluding hydrogens is 273 g/mol. The van der Waals surface area contributed by atoms with E-state index in [9.17, 15) is 14.0 Å². The van der Waals surface area contributed by atoms with Crippen molar-refractivity contribution in [2.75, 3.05) is 0 Å². The van der Waals surface area contributed by atoms with Crippen molar-refractivity contribution >= 4 is 17.6 Å². The molecule has 0 atom stereocenters. The predicted octanol–water partition coefficient (Wildman–Crippen LogP) is 2.39. The molecule has 0 unspecified atom stereocenters. The van der Waals surface area contributed by atoms with Crippen molar-refractivity contribution in [2.24, 2.45) is 0 Å². The molecule has 0 radical (unpaired) electrons. The first-order valence-electron chi connectivity index (χ1n) is 5.35. The van der Waals surface area contributed by atoms with Gasteiger partial charge in [0.2, 0.25) is 0 Å². The summed E-state index contributed by atoms with van der Waals surface area (Å²) in [5.41, 5.74) is -0.436. The summed E-state index contributed by atoms with van der Waals surface area (Å²) in [7, 11) is 0. The number of benzene rings is 1. The molecule has 0 amide bonds. The maximum atomic E-state index is 13.3. The Kier molecular flexibility index (Phi) is 3.66. The fourth-order valence-electron chi connectivity index (χ4n) is 1.66. The highest BCUT2D eigenvalue weighted by molar-refractivity contribution is 6.30. The van der Waals surface area contributed by atoms with E-state index in [-0.39, 0.29) is 17.1 Å². The van der Waals surface area contributed by atoms with Gasteiger partial charge in [-0.05, 0) is 29.8 Å². The van der Waals surface area contributed by atoms with Crippen LogP contribution in [0.25, 0.3) is 0 Å². The van der Waals surface area contributed by atoms with E-state index < -0.39 is 17.3 Å². The lowest BCUT2D eigenvalue weighted by atomic mass is 10.2. The number of carbonyl (C=O) groups is 1. The number of rotatable bonds is 3. The fourth-order valence-corrected chi connectivity index (χ4v) is 1.78. The minimum atomic E-state index is -1.29. The van der Waals surface area contributed by atoms with Crippen molar-refractivity contribution in [2.45, 2.75) is 6.54 Å². The van der Waals surface area contributed by atoms with Crippen LogP contribution in [0.1, 0.15) is 15.9 Å². The van der Waals surface area contributed by atoms with Gasteiger partial charge in [0.05, 0.1) is 11.6 Å². The summed E-state index contributed by atoms with van der Waals surface area (Å²) >= 11 is 5.56. The number of carboxylic acid groups (broad SMARTS) is 1. The Morgan fingerprint density at radius 3 is 2.74 bits per heavy atom. The van der Waals surface area contributed by atoms with E-state index in [4.69, 9.17) is 16.7 Å². The van der Waals surface area contributed by atoms with E-state index in [0.717, 1.165) is 0 Å². The topological polar surface area (TPSA) is 59.3 Å². The SMILES string of the molecule is O=C(O)c1cccn(Cc2ccc(Cl)c(F)c2)c1=O. The summed E-state index contributed by atoms with van der Waals surface area (Å²) < 4.78 is 14.5. The van der Waals surface area contributed by atoms with Crippen LogP contribution in [0.15, 0.2) is 41.3 Å². The summed E-state index contributed by atoms with van der Waals surface area (Å²) in [5.74, 6) is -1.87. The van der Waals surface area contributed by atoms with Gasteiger partial charge < -0.3 is 9.67 Å². The minimum absolute atomic E-state index is 0.00427. The number of nitrogens with zero attached hydrogens (tertiary/aromatic N) is 1. The molecule has 0 aliphatic carbocycles. The number of aromatic nitrogens is 1. The van der Waals surface area contributed by atoms with E-state index in [1.54, 1.807) is 6.07 Å². The van der Waals surface area contributed by atoms with Crippen LogP contribution in [0, 0.1) is 5.82 Å². The number of aromatic carboxylic acids is 1. The summed E-state index contributed by atoms with van der Waals surface area (Å²) in [6, 6.07) is 6.85. The molecule has 0 spiro atoms. The Balaban J connectivity index is 2.38. The highest BCUT2D eigenvalue weighted by Crippen LogP contribution is 2.15. The molecule has 98 valence electrons. The lowest BCUT2D eigenvalue weighted by Gasteiger charge is -2.07. The second-order valence-corrected chi connectivity index (χ2v) is 4.32. The van der Waals surface area contributed by atoms with Crippen molar-refractivity contribution in [3.05, 3.63) is 68.8 Å². The maximum Gasteiger partial charge on any atom is 0.341 e. The van der Waals surface area contributed by atoms with Crippen molar-refractivity contribution in [3.63, 3.8) is 0 Å². The van der Waals surface area contributed by atoms with Crippen LogP contribution in [-0.4, -0.2) is 15.6 Å². The van der Waals surface area contributed by atoms with Crippen LogP contribution in [0.2, 0.25) is 5.02 Å². The maximum absolute atomic E-state index is 13.3. The molecule has 1 heterocycles. The van der Waals surface area contributed by atoms with Gasteiger partial charge >= 0.3 is 5.97 Å². The van der Waals surface area contributed by atoms with Gasteiger partial charge in [-0.2, -0.15) is 0 Å². The highest BCUT2D eigenvalue weighted by Gasteiger charge is 2.10. The largest absolute Gasteiger partial charge is 0.477 e. The quantitative estimate of drug-likeness (QED) is 0.940. The standard InChI is InChI=1S/C13H9ClFNO3/c14-10-4-3-8(6-11(10)15)7-16-5-1-2-9(12(16)17)13(18)19/h1-6H,7H2,(H,18,19). The molecule has 0 aliphatic heterocycles. The fraction of sp³-hybridized carbons (Fsp3) is 0.0769. The summed E-state index contributed by atoms with van der Waals surface area (Å²) in [4.78, 5) is 22.7.